The number of rotatable bonds is 6. The van der Waals surface area contributed by atoms with E-state index in [2.05, 4.69) is 4.90 Å². The van der Waals surface area contributed by atoms with E-state index in [1.807, 2.05) is 11.8 Å². The van der Waals surface area contributed by atoms with Crippen molar-refractivity contribution < 1.29 is 14.3 Å². The predicted octanol–water partition coefficient (Wildman–Crippen LogP) is 0.204. The van der Waals surface area contributed by atoms with Crippen molar-refractivity contribution in [3.8, 4) is 0 Å². The zero-order valence-corrected chi connectivity index (χ0v) is 11.0. The molecule has 1 amide bonds. The Bertz CT molecular complexity index is 224. The lowest BCUT2D eigenvalue weighted by molar-refractivity contribution is -0.135. The van der Waals surface area contributed by atoms with Crippen molar-refractivity contribution in [2.24, 2.45) is 0 Å². The molecule has 0 aliphatic carbocycles. The Kier molecular flexibility index (Phi) is 7.16. The summed E-state index contributed by atoms with van der Waals surface area (Å²) in [6.45, 7) is 8.04. The van der Waals surface area contributed by atoms with Crippen molar-refractivity contribution in [3.63, 3.8) is 0 Å². The van der Waals surface area contributed by atoms with Crippen LogP contribution >= 0.6 is 0 Å². The Balaban J connectivity index is 2.28. The van der Waals surface area contributed by atoms with Crippen molar-refractivity contribution in [3.05, 3.63) is 0 Å². The summed E-state index contributed by atoms with van der Waals surface area (Å²) in [6, 6.07) is 0. The van der Waals surface area contributed by atoms with Gasteiger partial charge >= 0.3 is 0 Å². The van der Waals surface area contributed by atoms with E-state index in [4.69, 9.17) is 9.47 Å². The van der Waals surface area contributed by atoms with Gasteiger partial charge in [-0.25, -0.2) is 0 Å². The van der Waals surface area contributed by atoms with Crippen molar-refractivity contribution in [2.75, 3.05) is 59.7 Å². The van der Waals surface area contributed by atoms with Crippen molar-refractivity contribution >= 4 is 5.91 Å². The molecule has 0 aromatic heterocycles. The predicted molar refractivity (Wildman–Crippen MR) is 66.0 cm³/mol. The van der Waals surface area contributed by atoms with Gasteiger partial charge in [0.15, 0.2) is 0 Å². The number of ether oxygens (including phenoxy) is 2. The van der Waals surface area contributed by atoms with E-state index in [0.717, 1.165) is 45.8 Å². The monoisotopic (exact) mass is 244 g/mol. The Morgan fingerprint density at radius 2 is 2.06 bits per heavy atom. The van der Waals surface area contributed by atoms with Gasteiger partial charge in [0.1, 0.15) is 6.61 Å². The van der Waals surface area contributed by atoms with E-state index in [0.29, 0.717) is 6.61 Å². The molecule has 100 valence electrons. The first-order valence-electron chi connectivity index (χ1n) is 6.34. The maximum Gasteiger partial charge on any atom is 0.248 e. The average Bonchev–Trinajstić information content (AvgIpc) is 2.59. The van der Waals surface area contributed by atoms with Gasteiger partial charge in [-0.1, -0.05) is 0 Å². The maximum absolute atomic E-state index is 11.8. The number of hydrogen-bond donors (Lipinski definition) is 0. The lowest BCUT2D eigenvalue weighted by atomic mass is 10.4. The second kappa shape index (κ2) is 8.44. The van der Waals surface area contributed by atoms with Gasteiger partial charge in [-0.05, 0) is 19.9 Å². The van der Waals surface area contributed by atoms with Crippen LogP contribution in [0.2, 0.25) is 0 Å². The lowest BCUT2D eigenvalue weighted by Gasteiger charge is -2.21. The van der Waals surface area contributed by atoms with Gasteiger partial charge in [0.25, 0.3) is 0 Å². The molecule has 17 heavy (non-hydrogen) atoms. The summed E-state index contributed by atoms with van der Waals surface area (Å²) >= 11 is 0. The molecule has 0 atom stereocenters. The maximum atomic E-state index is 11.8. The zero-order chi connectivity index (χ0) is 12.5. The molecular formula is C12H24N2O3. The molecule has 0 unspecified atom stereocenters. The number of hydrogen-bond acceptors (Lipinski definition) is 4. The first kappa shape index (κ1) is 14.4. The molecule has 0 aromatic carbocycles. The van der Waals surface area contributed by atoms with Crippen LogP contribution in [0.4, 0.5) is 0 Å². The first-order chi connectivity index (χ1) is 8.27. The van der Waals surface area contributed by atoms with Crippen LogP contribution in [0.3, 0.4) is 0 Å². The molecule has 0 aromatic rings. The summed E-state index contributed by atoms with van der Waals surface area (Å²) in [5.74, 6) is 0.112. The molecule has 0 bridgehead atoms. The third kappa shape index (κ3) is 5.48. The number of carbonyl (C=O) groups excluding carboxylic acids is 1. The molecule has 0 saturated carbocycles. The van der Waals surface area contributed by atoms with E-state index in [9.17, 15) is 4.79 Å². The van der Waals surface area contributed by atoms with Gasteiger partial charge in [-0.15, -0.1) is 0 Å². The number of amides is 1. The summed E-state index contributed by atoms with van der Waals surface area (Å²) < 4.78 is 10.2. The topological polar surface area (TPSA) is 42.0 Å². The van der Waals surface area contributed by atoms with E-state index in [1.54, 1.807) is 7.11 Å². The fourth-order valence-electron chi connectivity index (χ4n) is 1.94. The van der Waals surface area contributed by atoms with E-state index < -0.39 is 0 Å². The van der Waals surface area contributed by atoms with Crippen molar-refractivity contribution in [2.45, 2.75) is 13.3 Å². The molecule has 0 spiro atoms. The molecule has 1 rings (SSSR count). The van der Waals surface area contributed by atoms with Crippen LogP contribution in [0.25, 0.3) is 0 Å². The molecule has 1 aliphatic rings. The minimum atomic E-state index is 0.112. The summed E-state index contributed by atoms with van der Waals surface area (Å²) in [6.07, 6.45) is 1.03. The van der Waals surface area contributed by atoms with Crippen LogP contribution in [-0.2, 0) is 14.3 Å². The van der Waals surface area contributed by atoms with Crippen molar-refractivity contribution in [1.29, 1.82) is 0 Å². The highest BCUT2D eigenvalue weighted by Gasteiger charge is 2.18. The molecule has 1 saturated heterocycles. The largest absolute Gasteiger partial charge is 0.383 e. The SMILES string of the molecule is CCOCC(=O)N1CCCN(CCOC)CC1. The highest BCUT2D eigenvalue weighted by atomic mass is 16.5. The second-order valence-corrected chi connectivity index (χ2v) is 4.21. The van der Waals surface area contributed by atoms with Gasteiger partial charge in [0.2, 0.25) is 5.91 Å². The molecule has 5 nitrogen and oxygen atoms in total. The number of methoxy groups -OCH3 is 1. The average molecular weight is 244 g/mol. The van der Waals surface area contributed by atoms with E-state index >= 15 is 0 Å². The molecule has 0 N–H and O–H groups in total. The first-order valence-corrected chi connectivity index (χ1v) is 6.34. The highest BCUT2D eigenvalue weighted by molar-refractivity contribution is 5.77. The molecule has 1 aliphatic heterocycles. The van der Waals surface area contributed by atoms with Gasteiger partial charge in [0.05, 0.1) is 6.61 Å². The third-order valence-electron chi connectivity index (χ3n) is 2.98. The lowest BCUT2D eigenvalue weighted by Crippen LogP contribution is -2.37. The van der Waals surface area contributed by atoms with Gasteiger partial charge in [-0.2, -0.15) is 0 Å². The Hall–Kier alpha value is -0.650. The molecule has 5 heteroatoms. The van der Waals surface area contributed by atoms with Gasteiger partial charge in [0, 0.05) is 39.9 Å². The Labute approximate surface area is 104 Å². The van der Waals surface area contributed by atoms with E-state index in [-0.39, 0.29) is 12.5 Å². The normalized spacial score (nSPS) is 18.1. The highest BCUT2D eigenvalue weighted by Crippen LogP contribution is 2.03. The van der Waals surface area contributed by atoms with Crippen LogP contribution in [0.5, 0.6) is 0 Å². The van der Waals surface area contributed by atoms with Gasteiger partial charge in [-0.3, -0.25) is 9.69 Å². The zero-order valence-electron chi connectivity index (χ0n) is 11.0. The van der Waals surface area contributed by atoms with E-state index in [1.165, 1.54) is 0 Å². The summed E-state index contributed by atoms with van der Waals surface area (Å²) in [5, 5.41) is 0. The standard InChI is InChI=1S/C12H24N2O3/c1-3-17-11-12(15)14-6-4-5-13(7-8-14)9-10-16-2/h3-11H2,1-2H3. The summed E-state index contributed by atoms with van der Waals surface area (Å²) in [5.41, 5.74) is 0. The smallest absolute Gasteiger partial charge is 0.248 e. The molecule has 1 fully saturated rings. The van der Waals surface area contributed by atoms with Crippen LogP contribution in [0, 0.1) is 0 Å². The molecule has 1 heterocycles. The van der Waals surface area contributed by atoms with Crippen molar-refractivity contribution in [1.82, 2.24) is 9.80 Å². The minimum absolute atomic E-state index is 0.112. The van der Waals surface area contributed by atoms with Crippen LogP contribution in [0.1, 0.15) is 13.3 Å². The molecule has 0 radical (unpaired) electrons. The summed E-state index contributed by atoms with van der Waals surface area (Å²) in [7, 11) is 1.72. The number of carbonyl (C=O) groups is 1. The number of nitrogens with zero attached hydrogens (tertiary/aromatic N) is 2. The fourth-order valence-corrected chi connectivity index (χ4v) is 1.94. The fraction of sp³-hybridized carbons (Fsp3) is 0.917. The second-order valence-electron chi connectivity index (χ2n) is 4.21. The summed E-state index contributed by atoms with van der Waals surface area (Å²) in [4.78, 5) is 16.0. The Morgan fingerprint density at radius 3 is 2.76 bits per heavy atom. The minimum Gasteiger partial charge on any atom is -0.383 e. The quantitative estimate of drug-likeness (QED) is 0.669. The van der Waals surface area contributed by atoms with Crippen LogP contribution in [0.15, 0.2) is 0 Å². The van der Waals surface area contributed by atoms with Crippen LogP contribution in [-0.4, -0.2) is 75.4 Å². The van der Waals surface area contributed by atoms with Crippen LogP contribution < -0.4 is 0 Å². The Morgan fingerprint density at radius 1 is 1.24 bits per heavy atom. The van der Waals surface area contributed by atoms with Gasteiger partial charge < -0.3 is 14.4 Å². The third-order valence-corrected chi connectivity index (χ3v) is 2.98. The molecular weight excluding hydrogens is 220 g/mol.